The summed E-state index contributed by atoms with van der Waals surface area (Å²) in [4.78, 5) is 16.4. The van der Waals surface area contributed by atoms with Gasteiger partial charge in [0.1, 0.15) is 5.69 Å². The first-order chi connectivity index (χ1) is 14.1. The first-order valence-corrected chi connectivity index (χ1v) is 10.2. The van der Waals surface area contributed by atoms with Gasteiger partial charge in [0.2, 0.25) is 0 Å². The highest BCUT2D eigenvalue weighted by Gasteiger charge is 2.20. The van der Waals surface area contributed by atoms with Crippen LogP contribution in [0, 0.1) is 6.92 Å². The van der Waals surface area contributed by atoms with Gasteiger partial charge in [-0.15, -0.1) is 0 Å². The smallest absolute Gasteiger partial charge is 0.268 e. The number of hydrogen-bond donors (Lipinski definition) is 2. The molecule has 2 N–H and O–H groups in total. The Hall–Kier alpha value is -2.98. The molecule has 0 spiro atoms. The van der Waals surface area contributed by atoms with E-state index in [1.807, 2.05) is 67.2 Å². The van der Waals surface area contributed by atoms with E-state index in [0.29, 0.717) is 17.3 Å². The van der Waals surface area contributed by atoms with Crippen LogP contribution in [0.3, 0.4) is 0 Å². The summed E-state index contributed by atoms with van der Waals surface area (Å²) in [6.45, 7) is 5.40. The van der Waals surface area contributed by atoms with Gasteiger partial charge in [0.25, 0.3) is 5.91 Å². The van der Waals surface area contributed by atoms with Crippen molar-refractivity contribution in [3.8, 4) is 11.1 Å². The minimum absolute atomic E-state index is 0.0512. The zero-order chi connectivity index (χ0) is 20.4. The monoisotopic (exact) mass is 405 g/mol. The average molecular weight is 406 g/mol. The number of fused-ring (bicyclic) bond motifs is 1. The lowest BCUT2D eigenvalue weighted by molar-refractivity contribution is 0.0945. The molecule has 2 aromatic heterocycles. The summed E-state index contributed by atoms with van der Waals surface area (Å²) in [5.41, 5.74) is 6.08. The predicted molar refractivity (Wildman–Crippen MR) is 120 cm³/mol. The van der Waals surface area contributed by atoms with Gasteiger partial charge in [0, 0.05) is 47.0 Å². The second kappa shape index (κ2) is 8.18. The average Bonchev–Trinajstić information content (AvgIpc) is 3.29. The SMILES string of the molecule is CCn1cc(C)c(-c2ccc(Cl)cc2)c1C(=O)NCCc1c[nH]c2ccccc12. The Balaban J connectivity index is 1.55. The summed E-state index contributed by atoms with van der Waals surface area (Å²) < 4.78 is 2.01. The van der Waals surface area contributed by atoms with Gasteiger partial charge in [0.05, 0.1) is 0 Å². The van der Waals surface area contributed by atoms with Gasteiger partial charge in [0.15, 0.2) is 0 Å². The maximum Gasteiger partial charge on any atom is 0.268 e. The molecule has 29 heavy (non-hydrogen) atoms. The number of carbonyl (C=O) groups is 1. The minimum atomic E-state index is -0.0512. The van der Waals surface area contributed by atoms with Gasteiger partial charge >= 0.3 is 0 Å². The van der Waals surface area contributed by atoms with E-state index in [1.54, 1.807) is 0 Å². The van der Waals surface area contributed by atoms with E-state index in [9.17, 15) is 4.79 Å². The number of halogens is 1. The van der Waals surface area contributed by atoms with Crippen LogP contribution in [0.2, 0.25) is 5.02 Å². The van der Waals surface area contributed by atoms with E-state index >= 15 is 0 Å². The Labute approximate surface area is 175 Å². The Morgan fingerprint density at radius 1 is 1.14 bits per heavy atom. The number of aromatic amines is 1. The summed E-state index contributed by atoms with van der Waals surface area (Å²) in [7, 11) is 0. The van der Waals surface area contributed by atoms with Crippen molar-refractivity contribution in [2.45, 2.75) is 26.8 Å². The number of H-pyrrole nitrogens is 1. The van der Waals surface area contributed by atoms with Crippen molar-refractivity contribution in [1.82, 2.24) is 14.9 Å². The molecule has 0 aliphatic rings. The molecule has 0 aliphatic carbocycles. The van der Waals surface area contributed by atoms with E-state index in [0.717, 1.165) is 35.2 Å². The molecule has 0 saturated carbocycles. The zero-order valence-electron chi connectivity index (χ0n) is 16.6. The molecule has 0 bridgehead atoms. The molecule has 148 valence electrons. The highest BCUT2D eigenvalue weighted by molar-refractivity contribution is 6.30. The normalized spacial score (nSPS) is 11.1. The first-order valence-electron chi connectivity index (χ1n) is 9.87. The Morgan fingerprint density at radius 3 is 2.66 bits per heavy atom. The van der Waals surface area contributed by atoms with E-state index in [-0.39, 0.29) is 5.91 Å². The van der Waals surface area contributed by atoms with Crippen molar-refractivity contribution in [3.05, 3.63) is 82.8 Å². The number of hydrogen-bond acceptors (Lipinski definition) is 1. The lowest BCUT2D eigenvalue weighted by atomic mass is 10.0. The van der Waals surface area contributed by atoms with Gasteiger partial charge in [-0.2, -0.15) is 0 Å². The van der Waals surface area contributed by atoms with Gasteiger partial charge in [-0.3, -0.25) is 4.79 Å². The molecule has 0 fully saturated rings. The Kier molecular flexibility index (Phi) is 5.45. The van der Waals surface area contributed by atoms with E-state index in [1.165, 1.54) is 10.9 Å². The number of nitrogens with zero attached hydrogens (tertiary/aromatic N) is 1. The van der Waals surface area contributed by atoms with Crippen molar-refractivity contribution in [1.29, 1.82) is 0 Å². The van der Waals surface area contributed by atoms with Crippen LogP contribution < -0.4 is 5.32 Å². The molecule has 0 unspecified atom stereocenters. The van der Waals surface area contributed by atoms with Crippen molar-refractivity contribution in [3.63, 3.8) is 0 Å². The van der Waals surface area contributed by atoms with Crippen LogP contribution in [0.25, 0.3) is 22.0 Å². The van der Waals surface area contributed by atoms with Crippen molar-refractivity contribution < 1.29 is 4.79 Å². The van der Waals surface area contributed by atoms with Gasteiger partial charge < -0.3 is 14.9 Å². The number of benzene rings is 2. The van der Waals surface area contributed by atoms with Crippen LogP contribution in [0.1, 0.15) is 28.5 Å². The summed E-state index contributed by atoms with van der Waals surface area (Å²) >= 11 is 6.05. The molecule has 0 radical (unpaired) electrons. The fraction of sp³-hybridized carbons (Fsp3) is 0.208. The molecular formula is C24H24ClN3O. The summed E-state index contributed by atoms with van der Waals surface area (Å²) in [6, 6.07) is 15.9. The van der Waals surface area contributed by atoms with Crippen LogP contribution in [0.4, 0.5) is 0 Å². The van der Waals surface area contributed by atoms with E-state index < -0.39 is 0 Å². The third-order valence-corrected chi connectivity index (χ3v) is 5.56. The number of aryl methyl sites for hydroxylation is 2. The summed E-state index contributed by atoms with van der Waals surface area (Å²) in [5.74, 6) is -0.0512. The molecule has 4 aromatic rings. The first kappa shape index (κ1) is 19.3. The Morgan fingerprint density at radius 2 is 1.90 bits per heavy atom. The fourth-order valence-electron chi connectivity index (χ4n) is 3.90. The second-order valence-electron chi connectivity index (χ2n) is 7.19. The highest BCUT2D eigenvalue weighted by Crippen LogP contribution is 2.30. The van der Waals surface area contributed by atoms with Gasteiger partial charge in [-0.05, 0) is 55.2 Å². The molecular weight excluding hydrogens is 382 g/mol. The van der Waals surface area contributed by atoms with Crippen molar-refractivity contribution in [2.24, 2.45) is 0 Å². The molecule has 0 atom stereocenters. The molecule has 4 nitrogen and oxygen atoms in total. The summed E-state index contributed by atoms with van der Waals surface area (Å²) in [5, 5.41) is 5.00. The predicted octanol–water partition coefficient (Wildman–Crippen LogP) is 5.59. The molecule has 1 amide bonds. The molecule has 4 rings (SSSR count). The zero-order valence-corrected chi connectivity index (χ0v) is 17.4. The maximum atomic E-state index is 13.1. The van der Waals surface area contributed by atoms with Crippen LogP contribution in [-0.4, -0.2) is 22.0 Å². The molecule has 0 saturated heterocycles. The summed E-state index contributed by atoms with van der Waals surface area (Å²) in [6.07, 6.45) is 4.84. The fourth-order valence-corrected chi connectivity index (χ4v) is 4.03. The van der Waals surface area contributed by atoms with Crippen LogP contribution >= 0.6 is 11.6 Å². The van der Waals surface area contributed by atoms with E-state index in [4.69, 9.17) is 11.6 Å². The second-order valence-corrected chi connectivity index (χ2v) is 7.63. The van der Waals surface area contributed by atoms with Crippen molar-refractivity contribution >= 4 is 28.4 Å². The van der Waals surface area contributed by atoms with Crippen LogP contribution in [0.5, 0.6) is 0 Å². The van der Waals surface area contributed by atoms with Gasteiger partial charge in [-0.1, -0.05) is 41.9 Å². The topological polar surface area (TPSA) is 49.8 Å². The number of aromatic nitrogens is 2. The quantitative estimate of drug-likeness (QED) is 0.431. The highest BCUT2D eigenvalue weighted by atomic mass is 35.5. The third-order valence-electron chi connectivity index (χ3n) is 5.31. The minimum Gasteiger partial charge on any atom is -0.361 e. The lowest BCUT2D eigenvalue weighted by Gasteiger charge is -2.11. The number of nitrogens with one attached hydrogen (secondary N) is 2. The molecule has 2 aromatic carbocycles. The number of rotatable bonds is 6. The molecule has 5 heteroatoms. The van der Waals surface area contributed by atoms with Gasteiger partial charge in [-0.25, -0.2) is 0 Å². The lowest BCUT2D eigenvalue weighted by Crippen LogP contribution is -2.28. The third kappa shape index (κ3) is 3.81. The van der Waals surface area contributed by atoms with E-state index in [2.05, 4.69) is 22.4 Å². The molecule has 2 heterocycles. The van der Waals surface area contributed by atoms with Crippen molar-refractivity contribution in [2.75, 3.05) is 6.54 Å². The maximum absolute atomic E-state index is 13.1. The van der Waals surface area contributed by atoms with Crippen LogP contribution in [0.15, 0.2) is 60.9 Å². The number of amides is 1. The standard InChI is InChI=1S/C24H24ClN3O/c1-3-28-15-16(2)22(17-8-10-19(25)11-9-17)23(28)24(29)26-13-12-18-14-27-21-7-5-4-6-20(18)21/h4-11,14-15,27H,3,12-13H2,1-2H3,(H,26,29). The number of carbonyl (C=O) groups excluding carboxylic acids is 1. The Bertz CT molecular complexity index is 1150. The van der Waals surface area contributed by atoms with Crippen LogP contribution in [-0.2, 0) is 13.0 Å². The largest absolute Gasteiger partial charge is 0.361 e. The number of para-hydroxylation sites is 1. The molecule has 0 aliphatic heterocycles.